The van der Waals surface area contributed by atoms with Crippen molar-refractivity contribution in [3.63, 3.8) is 0 Å². The fraction of sp³-hybridized carbons (Fsp3) is 0.471. The van der Waals surface area contributed by atoms with Gasteiger partial charge in [-0.15, -0.1) is 0 Å². The fourth-order valence-corrected chi connectivity index (χ4v) is 2.64. The van der Waals surface area contributed by atoms with Crippen LogP contribution >= 0.6 is 0 Å². The maximum absolute atomic E-state index is 12.3. The number of rotatable bonds is 6. The monoisotopic (exact) mass is 317 g/mol. The van der Waals surface area contributed by atoms with E-state index in [1.165, 1.54) is 10.9 Å². The average Bonchev–Trinajstić information content (AvgIpc) is 2.47. The van der Waals surface area contributed by atoms with E-state index in [9.17, 15) is 14.7 Å². The lowest BCUT2D eigenvalue weighted by Crippen LogP contribution is -2.38. The van der Waals surface area contributed by atoms with E-state index in [4.69, 9.17) is 0 Å². The Morgan fingerprint density at radius 3 is 2.78 bits per heavy atom. The summed E-state index contributed by atoms with van der Waals surface area (Å²) in [5, 5.41) is 12.8. The van der Waals surface area contributed by atoms with Gasteiger partial charge in [0, 0.05) is 6.54 Å². The smallest absolute Gasteiger partial charge is 0.261 e. The number of aliphatic hydroxyl groups excluding tert-OH is 1. The van der Waals surface area contributed by atoms with Crippen LogP contribution in [0.5, 0.6) is 0 Å². The molecule has 1 amide bonds. The minimum Gasteiger partial charge on any atom is -0.393 e. The Bertz CT molecular complexity index is 750. The highest BCUT2D eigenvalue weighted by Crippen LogP contribution is 2.20. The van der Waals surface area contributed by atoms with Gasteiger partial charge in [-0.05, 0) is 30.9 Å². The predicted octanol–water partition coefficient (Wildman–Crippen LogP) is 1.31. The van der Waals surface area contributed by atoms with Crippen molar-refractivity contribution in [2.24, 2.45) is 5.41 Å². The Morgan fingerprint density at radius 1 is 1.39 bits per heavy atom. The van der Waals surface area contributed by atoms with Crippen molar-refractivity contribution >= 4 is 16.8 Å². The van der Waals surface area contributed by atoms with E-state index in [1.54, 1.807) is 25.1 Å². The third-order valence-corrected chi connectivity index (χ3v) is 3.66. The van der Waals surface area contributed by atoms with Crippen molar-refractivity contribution in [2.75, 3.05) is 6.54 Å². The van der Waals surface area contributed by atoms with Gasteiger partial charge in [-0.2, -0.15) is 0 Å². The van der Waals surface area contributed by atoms with Crippen LogP contribution in [0.2, 0.25) is 0 Å². The second-order valence-corrected chi connectivity index (χ2v) is 6.69. The first-order valence-corrected chi connectivity index (χ1v) is 7.67. The summed E-state index contributed by atoms with van der Waals surface area (Å²) >= 11 is 0. The molecule has 0 saturated heterocycles. The molecule has 2 aromatic rings. The first kappa shape index (κ1) is 17.1. The van der Waals surface area contributed by atoms with E-state index in [1.807, 2.05) is 19.9 Å². The second kappa shape index (κ2) is 6.91. The van der Waals surface area contributed by atoms with E-state index >= 15 is 0 Å². The molecule has 1 aromatic heterocycles. The van der Waals surface area contributed by atoms with Crippen molar-refractivity contribution < 1.29 is 9.90 Å². The highest BCUT2D eigenvalue weighted by Gasteiger charge is 2.21. The molecular formula is C17H23N3O3. The van der Waals surface area contributed by atoms with E-state index in [0.29, 0.717) is 23.9 Å². The van der Waals surface area contributed by atoms with Gasteiger partial charge in [-0.3, -0.25) is 14.2 Å². The van der Waals surface area contributed by atoms with Crippen molar-refractivity contribution in [3.8, 4) is 0 Å². The van der Waals surface area contributed by atoms with E-state index in [2.05, 4.69) is 10.3 Å². The minimum atomic E-state index is -0.422. The van der Waals surface area contributed by atoms with Crippen molar-refractivity contribution in [1.29, 1.82) is 0 Å². The maximum atomic E-state index is 12.3. The van der Waals surface area contributed by atoms with Crippen LogP contribution in [-0.2, 0) is 11.3 Å². The molecule has 0 bridgehead atoms. The van der Waals surface area contributed by atoms with Gasteiger partial charge < -0.3 is 10.4 Å². The average molecular weight is 317 g/mol. The molecule has 2 N–H and O–H groups in total. The molecule has 124 valence electrons. The standard InChI is InChI=1S/C17H23N3O3/c1-12(21)8-17(2,3)10-18-15(22)9-20-11-19-14-7-5-4-6-13(14)16(20)23/h4-7,11-12,21H,8-10H2,1-3H3,(H,18,22). The van der Waals surface area contributed by atoms with Crippen LogP contribution in [0.1, 0.15) is 27.2 Å². The minimum absolute atomic E-state index is 0.0680. The molecule has 6 heteroatoms. The Morgan fingerprint density at radius 2 is 2.09 bits per heavy atom. The van der Waals surface area contributed by atoms with Crippen molar-refractivity contribution in [3.05, 3.63) is 40.9 Å². The quantitative estimate of drug-likeness (QED) is 0.841. The molecule has 23 heavy (non-hydrogen) atoms. The van der Waals surface area contributed by atoms with Crippen LogP contribution in [0, 0.1) is 5.41 Å². The first-order chi connectivity index (χ1) is 10.8. The molecule has 0 saturated carbocycles. The highest BCUT2D eigenvalue weighted by atomic mass is 16.3. The van der Waals surface area contributed by atoms with Crippen LogP contribution in [0.3, 0.4) is 0 Å². The van der Waals surface area contributed by atoms with Crippen LogP contribution in [0.25, 0.3) is 10.9 Å². The summed E-state index contributed by atoms with van der Waals surface area (Å²) in [6.45, 7) is 6.05. The zero-order chi connectivity index (χ0) is 17.0. The lowest BCUT2D eigenvalue weighted by molar-refractivity contribution is -0.122. The number of amides is 1. The third-order valence-electron chi connectivity index (χ3n) is 3.66. The molecule has 1 unspecified atom stereocenters. The number of aromatic nitrogens is 2. The normalized spacial score (nSPS) is 13.0. The molecule has 1 heterocycles. The van der Waals surface area contributed by atoms with Crippen molar-refractivity contribution in [2.45, 2.75) is 39.8 Å². The van der Waals surface area contributed by atoms with Gasteiger partial charge in [0.25, 0.3) is 5.56 Å². The zero-order valence-electron chi connectivity index (χ0n) is 13.7. The summed E-state index contributed by atoms with van der Waals surface area (Å²) in [6, 6.07) is 7.05. The first-order valence-electron chi connectivity index (χ1n) is 7.67. The third kappa shape index (κ3) is 4.63. The molecule has 0 aliphatic carbocycles. The van der Waals surface area contributed by atoms with Gasteiger partial charge in [0.15, 0.2) is 0 Å². The van der Waals surface area contributed by atoms with Crippen molar-refractivity contribution in [1.82, 2.24) is 14.9 Å². The van der Waals surface area contributed by atoms with Gasteiger partial charge >= 0.3 is 0 Å². The molecule has 0 aliphatic rings. The number of nitrogens with zero attached hydrogens (tertiary/aromatic N) is 2. The number of benzene rings is 1. The van der Waals surface area contributed by atoms with Crippen LogP contribution < -0.4 is 10.9 Å². The zero-order valence-corrected chi connectivity index (χ0v) is 13.7. The molecule has 1 atom stereocenters. The van der Waals surface area contributed by atoms with Gasteiger partial charge in [-0.1, -0.05) is 26.0 Å². The molecule has 2 rings (SSSR count). The number of carbonyl (C=O) groups is 1. The summed E-state index contributed by atoms with van der Waals surface area (Å²) in [5.41, 5.74) is 0.178. The Hall–Kier alpha value is -2.21. The number of hydrogen-bond acceptors (Lipinski definition) is 4. The molecule has 0 radical (unpaired) electrons. The summed E-state index contributed by atoms with van der Waals surface area (Å²) in [7, 11) is 0. The molecule has 0 spiro atoms. The van der Waals surface area contributed by atoms with Gasteiger partial charge in [0.05, 0.1) is 23.3 Å². The molecule has 6 nitrogen and oxygen atoms in total. The Balaban J connectivity index is 2.04. The number of nitrogens with one attached hydrogen (secondary N) is 1. The topological polar surface area (TPSA) is 84.2 Å². The fourth-order valence-electron chi connectivity index (χ4n) is 2.64. The van der Waals surface area contributed by atoms with E-state index in [-0.39, 0.29) is 23.4 Å². The number of aliphatic hydroxyl groups is 1. The molecule has 0 fully saturated rings. The lowest BCUT2D eigenvalue weighted by Gasteiger charge is -2.26. The lowest BCUT2D eigenvalue weighted by atomic mass is 9.87. The van der Waals surface area contributed by atoms with Gasteiger partial charge in [0.1, 0.15) is 6.54 Å². The van der Waals surface area contributed by atoms with Crippen LogP contribution in [0.4, 0.5) is 0 Å². The van der Waals surface area contributed by atoms with Crippen LogP contribution in [-0.4, -0.2) is 33.2 Å². The Labute approximate surface area is 135 Å². The van der Waals surface area contributed by atoms with Gasteiger partial charge in [0.2, 0.25) is 5.91 Å². The number of para-hydroxylation sites is 1. The number of hydrogen-bond donors (Lipinski definition) is 2. The maximum Gasteiger partial charge on any atom is 0.261 e. The summed E-state index contributed by atoms with van der Waals surface area (Å²) < 4.78 is 1.30. The number of fused-ring (bicyclic) bond motifs is 1. The van der Waals surface area contributed by atoms with E-state index in [0.717, 1.165) is 0 Å². The molecule has 1 aromatic carbocycles. The van der Waals surface area contributed by atoms with Gasteiger partial charge in [-0.25, -0.2) is 4.98 Å². The highest BCUT2D eigenvalue weighted by molar-refractivity contribution is 5.78. The van der Waals surface area contributed by atoms with Crippen LogP contribution in [0.15, 0.2) is 35.4 Å². The summed E-state index contributed by atoms with van der Waals surface area (Å²) in [4.78, 5) is 28.6. The van der Waals surface area contributed by atoms with E-state index < -0.39 is 6.10 Å². The Kier molecular flexibility index (Phi) is 5.15. The largest absolute Gasteiger partial charge is 0.393 e. The molecule has 0 aliphatic heterocycles. The second-order valence-electron chi connectivity index (χ2n) is 6.69. The summed E-state index contributed by atoms with van der Waals surface area (Å²) in [6.07, 6.45) is 1.56. The number of carbonyl (C=O) groups excluding carboxylic acids is 1. The molecular weight excluding hydrogens is 294 g/mol. The predicted molar refractivity (Wildman–Crippen MR) is 89.1 cm³/mol. The SMILES string of the molecule is CC(O)CC(C)(C)CNC(=O)Cn1cnc2ccccc2c1=O. The summed E-state index contributed by atoms with van der Waals surface area (Å²) in [5.74, 6) is -0.247.